The molecule has 0 radical (unpaired) electrons. The number of amides is 1. The maximum Gasteiger partial charge on any atom is 0.240 e. The van der Waals surface area contributed by atoms with E-state index in [4.69, 9.17) is 0 Å². The average molecular weight is 242 g/mol. The fraction of sp³-hybridized carbons (Fsp3) is 0.917. The quantitative estimate of drug-likeness (QED) is 0.814. The minimum atomic E-state index is 0.1000. The van der Waals surface area contributed by atoms with Crippen molar-refractivity contribution in [1.82, 2.24) is 10.2 Å². The Hall–Kier alpha value is -0.220. The summed E-state index contributed by atoms with van der Waals surface area (Å²) in [7, 11) is 0. The van der Waals surface area contributed by atoms with Crippen molar-refractivity contribution in [1.29, 1.82) is 0 Å². The average Bonchev–Trinajstić information content (AvgIpc) is 2.64. The third-order valence-corrected chi connectivity index (χ3v) is 4.58. The minimum absolute atomic E-state index is 0.1000. The molecule has 2 aliphatic rings. The first-order valence-electron chi connectivity index (χ1n) is 6.41. The summed E-state index contributed by atoms with van der Waals surface area (Å²) in [5.41, 5.74) is 0. The van der Waals surface area contributed by atoms with Crippen molar-refractivity contribution in [2.24, 2.45) is 5.92 Å². The van der Waals surface area contributed by atoms with E-state index in [1.807, 2.05) is 16.7 Å². The van der Waals surface area contributed by atoms with Crippen molar-refractivity contribution < 1.29 is 4.79 Å². The SMILES string of the molecule is CCCC1NCN(CC2CCSCC2)C1=O. The number of hydrogen-bond acceptors (Lipinski definition) is 3. The Morgan fingerprint density at radius 2 is 2.19 bits per heavy atom. The van der Waals surface area contributed by atoms with Gasteiger partial charge in [-0.15, -0.1) is 0 Å². The van der Waals surface area contributed by atoms with Gasteiger partial charge >= 0.3 is 0 Å². The molecule has 16 heavy (non-hydrogen) atoms. The molecule has 0 bridgehead atoms. The summed E-state index contributed by atoms with van der Waals surface area (Å²) in [5.74, 6) is 3.63. The monoisotopic (exact) mass is 242 g/mol. The summed E-state index contributed by atoms with van der Waals surface area (Å²) < 4.78 is 0. The number of nitrogens with one attached hydrogen (secondary N) is 1. The highest BCUT2D eigenvalue weighted by molar-refractivity contribution is 7.99. The normalized spacial score (nSPS) is 27.7. The lowest BCUT2D eigenvalue weighted by molar-refractivity contribution is -0.129. The molecule has 2 rings (SSSR count). The van der Waals surface area contributed by atoms with E-state index in [1.165, 1.54) is 24.3 Å². The molecule has 1 N–H and O–H groups in total. The van der Waals surface area contributed by atoms with Gasteiger partial charge in [-0.25, -0.2) is 0 Å². The van der Waals surface area contributed by atoms with Gasteiger partial charge in [-0.05, 0) is 36.7 Å². The van der Waals surface area contributed by atoms with E-state index in [1.54, 1.807) is 0 Å². The summed E-state index contributed by atoms with van der Waals surface area (Å²) in [6.45, 7) is 3.88. The molecule has 2 fully saturated rings. The minimum Gasteiger partial charge on any atom is -0.328 e. The lowest BCUT2D eigenvalue weighted by Crippen LogP contribution is -2.35. The third kappa shape index (κ3) is 2.92. The molecule has 4 heteroatoms. The van der Waals surface area contributed by atoms with Crippen LogP contribution in [0.4, 0.5) is 0 Å². The van der Waals surface area contributed by atoms with Crippen molar-refractivity contribution in [3.05, 3.63) is 0 Å². The third-order valence-electron chi connectivity index (χ3n) is 3.54. The van der Waals surface area contributed by atoms with Crippen LogP contribution in [-0.4, -0.2) is 41.6 Å². The summed E-state index contributed by atoms with van der Waals surface area (Å²) in [6.07, 6.45) is 4.63. The van der Waals surface area contributed by atoms with Crippen molar-refractivity contribution in [2.75, 3.05) is 24.7 Å². The van der Waals surface area contributed by atoms with Crippen LogP contribution in [0, 0.1) is 5.92 Å². The molecule has 0 aromatic carbocycles. The highest BCUT2D eigenvalue weighted by Gasteiger charge is 2.31. The van der Waals surface area contributed by atoms with Gasteiger partial charge in [0, 0.05) is 6.54 Å². The first-order chi connectivity index (χ1) is 7.81. The van der Waals surface area contributed by atoms with E-state index >= 15 is 0 Å². The molecule has 1 atom stereocenters. The van der Waals surface area contributed by atoms with Crippen LogP contribution in [-0.2, 0) is 4.79 Å². The Kier molecular flexibility index (Phi) is 4.53. The lowest BCUT2D eigenvalue weighted by atomic mass is 10.0. The number of rotatable bonds is 4. The van der Waals surface area contributed by atoms with Gasteiger partial charge in [-0.3, -0.25) is 10.1 Å². The Balaban J connectivity index is 1.79. The lowest BCUT2D eigenvalue weighted by Gasteiger charge is -2.26. The van der Waals surface area contributed by atoms with Gasteiger partial charge in [-0.1, -0.05) is 13.3 Å². The molecular weight excluding hydrogens is 220 g/mol. The zero-order valence-corrected chi connectivity index (χ0v) is 10.9. The summed E-state index contributed by atoms with van der Waals surface area (Å²) in [4.78, 5) is 14.1. The topological polar surface area (TPSA) is 32.3 Å². The Labute approximate surface area is 102 Å². The Morgan fingerprint density at radius 1 is 1.44 bits per heavy atom. The second kappa shape index (κ2) is 5.92. The van der Waals surface area contributed by atoms with E-state index < -0.39 is 0 Å². The van der Waals surface area contributed by atoms with Gasteiger partial charge in [0.1, 0.15) is 0 Å². The second-order valence-corrected chi connectivity index (χ2v) is 6.04. The first kappa shape index (κ1) is 12.2. The van der Waals surface area contributed by atoms with E-state index in [-0.39, 0.29) is 6.04 Å². The molecule has 3 nitrogen and oxygen atoms in total. The molecule has 0 spiro atoms. The van der Waals surface area contributed by atoms with Crippen molar-refractivity contribution in [3.63, 3.8) is 0 Å². The van der Waals surface area contributed by atoms with Gasteiger partial charge in [0.15, 0.2) is 0 Å². The molecule has 0 aromatic rings. The first-order valence-corrected chi connectivity index (χ1v) is 7.56. The smallest absolute Gasteiger partial charge is 0.240 e. The van der Waals surface area contributed by atoms with Crippen LogP contribution in [0.1, 0.15) is 32.6 Å². The fourth-order valence-corrected chi connectivity index (χ4v) is 3.72. The highest BCUT2D eigenvalue weighted by Crippen LogP contribution is 2.24. The fourth-order valence-electron chi connectivity index (χ4n) is 2.52. The van der Waals surface area contributed by atoms with Crippen LogP contribution in [0.2, 0.25) is 0 Å². The maximum absolute atomic E-state index is 12.0. The van der Waals surface area contributed by atoms with Gasteiger partial charge < -0.3 is 4.90 Å². The van der Waals surface area contributed by atoms with Gasteiger partial charge in [0.05, 0.1) is 12.7 Å². The number of hydrogen-bond donors (Lipinski definition) is 1. The standard InChI is InChI=1S/C12H22N2OS/c1-2-3-11-12(15)14(9-13-11)8-10-4-6-16-7-5-10/h10-11,13H,2-9H2,1H3. The van der Waals surface area contributed by atoms with E-state index in [0.29, 0.717) is 5.91 Å². The van der Waals surface area contributed by atoms with Crippen molar-refractivity contribution in [2.45, 2.75) is 38.6 Å². The van der Waals surface area contributed by atoms with E-state index in [9.17, 15) is 4.79 Å². The van der Waals surface area contributed by atoms with Crippen molar-refractivity contribution >= 4 is 17.7 Å². The van der Waals surface area contributed by atoms with Crippen LogP contribution in [0.3, 0.4) is 0 Å². The number of thioether (sulfide) groups is 1. The second-order valence-electron chi connectivity index (χ2n) is 4.82. The Morgan fingerprint density at radius 3 is 2.88 bits per heavy atom. The predicted octanol–water partition coefficient (Wildman–Crippen LogP) is 1.69. The van der Waals surface area contributed by atoms with Crippen LogP contribution >= 0.6 is 11.8 Å². The Bertz CT molecular complexity index is 241. The molecular formula is C12H22N2OS. The molecule has 2 aliphatic heterocycles. The van der Waals surface area contributed by atoms with Gasteiger partial charge in [0.2, 0.25) is 5.91 Å². The summed E-state index contributed by atoms with van der Waals surface area (Å²) in [5, 5.41) is 3.32. The molecule has 1 unspecified atom stereocenters. The number of nitrogens with zero attached hydrogens (tertiary/aromatic N) is 1. The zero-order chi connectivity index (χ0) is 11.4. The molecule has 2 heterocycles. The zero-order valence-electron chi connectivity index (χ0n) is 10.1. The summed E-state index contributed by atoms with van der Waals surface area (Å²) >= 11 is 2.05. The maximum atomic E-state index is 12.0. The summed E-state index contributed by atoms with van der Waals surface area (Å²) in [6, 6.07) is 0.1000. The van der Waals surface area contributed by atoms with E-state index in [0.717, 1.165) is 32.0 Å². The van der Waals surface area contributed by atoms with Crippen molar-refractivity contribution in [3.8, 4) is 0 Å². The van der Waals surface area contributed by atoms with Crippen LogP contribution in [0.25, 0.3) is 0 Å². The van der Waals surface area contributed by atoms with Crippen LogP contribution in [0.5, 0.6) is 0 Å². The molecule has 0 aliphatic carbocycles. The van der Waals surface area contributed by atoms with Crippen LogP contribution < -0.4 is 5.32 Å². The number of carbonyl (C=O) groups excluding carboxylic acids is 1. The van der Waals surface area contributed by atoms with E-state index in [2.05, 4.69) is 12.2 Å². The van der Waals surface area contributed by atoms with Gasteiger partial charge in [-0.2, -0.15) is 11.8 Å². The molecule has 92 valence electrons. The predicted molar refractivity (Wildman–Crippen MR) is 68.5 cm³/mol. The molecule has 2 saturated heterocycles. The molecule has 1 amide bonds. The number of carbonyl (C=O) groups is 1. The van der Waals surface area contributed by atoms with Gasteiger partial charge in [0.25, 0.3) is 0 Å². The molecule has 0 saturated carbocycles. The van der Waals surface area contributed by atoms with Crippen LogP contribution in [0.15, 0.2) is 0 Å². The largest absolute Gasteiger partial charge is 0.328 e. The highest BCUT2D eigenvalue weighted by atomic mass is 32.2. The molecule has 0 aromatic heterocycles.